The van der Waals surface area contributed by atoms with E-state index in [0.29, 0.717) is 13.2 Å². The van der Waals surface area contributed by atoms with Crippen molar-refractivity contribution >= 4 is 7.98 Å². The van der Waals surface area contributed by atoms with Gasteiger partial charge in [-0.2, -0.15) is 6.07 Å². The van der Waals surface area contributed by atoms with Crippen LogP contribution in [0.4, 0.5) is 0 Å². The summed E-state index contributed by atoms with van der Waals surface area (Å²) in [5.41, 5.74) is 0. The van der Waals surface area contributed by atoms with E-state index in [2.05, 4.69) is 6.26 Å². The van der Waals surface area contributed by atoms with Gasteiger partial charge in [0.15, 0.2) is 7.98 Å². The Morgan fingerprint density at radius 2 is 2.43 bits per heavy atom. The first kappa shape index (κ1) is 14.4. The summed E-state index contributed by atoms with van der Waals surface area (Å²) in [6.07, 6.45) is 2.60. The van der Waals surface area contributed by atoms with Crippen molar-refractivity contribution in [3.63, 3.8) is 0 Å². The maximum absolute atomic E-state index is 5.56. The molecule has 0 N–H and O–H groups in total. The molecule has 0 aliphatic heterocycles. The molecule has 5 heteroatoms. The minimum absolute atomic E-state index is 0. The van der Waals surface area contributed by atoms with E-state index in [-0.39, 0.29) is 32.7 Å². The van der Waals surface area contributed by atoms with E-state index < -0.39 is 0 Å². The van der Waals surface area contributed by atoms with Crippen molar-refractivity contribution in [1.82, 2.24) is 4.81 Å². The molecule has 0 unspecified atom stereocenters. The van der Waals surface area contributed by atoms with Gasteiger partial charge in [-0.15, -0.1) is 6.07 Å². The number of likely N-dealkylation sites (N-methyl/N-ethyl adjacent to an activating group) is 1. The number of ether oxygens (including phenoxy) is 1. The average Bonchev–Trinajstić information content (AvgIpc) is 2.64. The molecule has 0 fully saturated rings. The molecule has 0 bridgehead atoms. The van der Waals surface area contributed by atoms with E-state index in [1.165, 1.54) is 0 Å². The molecule has 1 rings (SSSR count). The van der Waals surface area contributed by atoms with Crippen LogP contribution in [0.1, 0.15) is 12.7 Å². The van der Waals surface area contributed by atoms with Gasteiger partial charge in [-0.3, -0.25) is 0 Å². The molecule has 0 saturated heterocycles. The summed E-state index contributed by atoms with van der Waals surface area (Å²) in [6, 6.07) is 3.56. The van der Waals surface area contributed by atoms with Crippen LogP contribution in [0.25, 0.3) is 0 Å². The summed E-state index contributed by atoms with van der Waals surface area (Å²) in [4.78, 5) is 1.70. The molecule has 3 radical (unpaired) electrons. The molecule has 73 valence electrons. The van der Waals surface area contributed by atoms with Crippen molar-refractivity contribution in [2.45, 2.75) is 13.5 Å². The van der Waals surface area contributed by atoms with E-state index in [4.69, 9.17) is 17.1 Å². The van der Waals surface area contributed by atoms with Gasteiger partial charge in [0, 0.05) is 45.9 Å². The Morgan fingerprint density at radius 3 is 3.00 bits per heavy atom. The first-order chi connectivity index (χ1) is 6.33. The summed E-state index contributed by atoms with van der Waals surface area (Å²) in [6.45, 7) is 4.67. The van der Waals surface area contributed by atoms with Crippen molar-refractivity contribution in [1.29, 1.82) is 0 Å². The minimum Gasteiger partial charge on any atom is -0.593 e. The standard InChI is InChI=1S/C9H13BNO2.Y/c1-2-11(10)5-7-12-8-9-4-3-6-13-9;/h3-4H,2,5,7-8H2,1H3;/q-1;. The van der Waals surface area contributed by atoms with Gasteiger partial charge in [-0.05, 0) is 18.6 Å². The molecule has 1 aromatic heterocycles. The largest absolute Gasteiger partial charge is 0.593 e. The van der Waals surface area contributed by atoms with Crippen LogP contribution in [0, 0.1) is 6.26 Å². The van der Waals surface area contributed by atoms with Crippen LogP contribution in [-0.4, -0.2) is 32.5 Å². The molecule has 0 amide bonds. The van der Waals surface area contributed by atoms with Gasteiger partial charge >= 0.3 is 0 Å². The van der Waals surface area contributed by atoms with E-state index in [1.54, 1.807) is 10.9 Å². The maximum atomic E-state index is 5.56. The van der Waals surface area contributed by atoms with Gasteiger partial charge in [0.2, 0.25) is 0 Å². The predicted molar refractivity (Wildman–Crippen MR) is 50.2 cm³/mol. The second-order valence-electron chi connectivity index (χ2n) is 2.70. The summed E-state index contributed by atoms with van der Waals surface area (Å²) in [5.74, 6) is 0.792. The molecular formula is C9H13BNO2Y-. The zero-order valence-electron chi connectivity index (χ0n) is 8.40. The van der Waals surface area contributed by atoms with Gasteiger partial charge < -0.3 is 14.0 Å². The predicted octanol–water partition coefficient (Wildman–Crippen LogP) is 0.999. The summed E-state index contributed by atoms with van der Waals surface area (Å²) < 4.78 is 10.3. The second-order valence-corrected chi connectivity index (χ2v) is 2.70. The Kier molecular flexibility index (Phi) is 8.89. The first-order valence-electron chi connectivity index (χ1n) is 4.35. The zero-order chi connectivity index (χ0) is 9.52. The van der Waals surface area contributed by atoms with E-state index in [1.807, 2.05) is 13.0 Å². The zero-order valence-corrected chi connectivity index (χ0v) is 11.2. The molecule has 1 aromatic rings. The summed E-state index contributed by atoms with van der Waals surface area (Å²) >= 11 is 0. The van der Waals surface area contributed by atoms with Crippen molar-refractivity contribution in [3.05, 3.63) is 24.2 Å². The van der Waals surface area contributed by atoms with Crippen LogP contribution in [0.2, 0.25) is 0 Å². The number of hydrogen-bond acceptors (Lipinski definition) is 3. The van der Waals surface area contributed by atoms with Crippen molar-refractivity contribution in [3.8, 4) is 0 Å². The molecule has 14 heavy (non-hydrogen) atoms. The quantitative estimate of drug-likeness (QED) is 0.437. The second kappa shape index (κ2) is 8.66. The number of hydrogen-bond donors (Lipinski definition) is 0. The molecule has 0 aliphatic rings. The summed E-state index contributed by atoms with van der Waals surface area (Å²) in [7, 11) is 5.56. The van der Waals surface area contributed by atoms with E-state index >= 15 is 0 Å². The van der Waals surface area contributed by atoms with Crippen molar-refractivity contribution < 1.29 is 41.9 Å². The van der Waals surface area contributed by atoms with Crippen LogP contribution < -0.4 is 0 Å². The van der Waals surface area contributed by atoms with Crippen LogP contribution in [0.3, 0.4) is 0 Å². The van der Waals surface area contributed by atoms with Gasteiger partial charge in [0.25, 0.3) is 0 Å². The van der Waals surface area contributed by atoms with Crippen molar-refractivity contribution in [2.24, 2.45) is 0 Å². The number of nitrogens with zero attached hydrogens (tertiary/aromatic N) is 1. The fraction of sp³-hybridized carbons (Fsp3) is 0.556. The third kappa shape index (κ3) is 5.97. The average molecular weight is 267 g/mol. The molecular weight excluding hydrogens is 254 g/mol. The fourth-order valence-corrected chi connectivity index (χ4v) is 0.861. The van der Waals surface area contributed by atoms with Gasteiger partial charge in [0.1, 0.15) is 0 Å². The Labute approximate surface area is 111 Å². The van der Waals surface area contributed by atoms with E-state index in [0.717, 1.165) is 18.8 Å². The Balaban J connectivity index is 0.00000169. The molecule has 0 spiro atoms. The topological polar surface area (TPSA) is 25.6 Å². The van der Waals surface area contributed by atoms with Crippen LogP contribution in [-0.2, 0) is 44.1 Å². The molecule has 0 saturated carbocycles. The molecule has 1 heterocycles. The van der Waals surface area contributed by atoms with Crippen molar-refractivity contribution in [2.75, 3.05) is 19.7 Å². The smallest absolute Gasteiger partial charge is 0.182 e. The van der Waals surface area contributed by atoms with Crippen LogP contribution >= 0.6 is 0 Å². The summed E-state index contributed by atoms with van der Waals surface area (Å²) in [5, 5.41) is 0. The third-order valence-electron chi connectivity index (χ3n) is 1.70. The van der Waals surface area contributed by atoms with Crippen LogP contribution in [0.5, 0.6) is 0 Å². The van der Waals surface area contributed by atoms with Crippen LogP contribution in [0.15, 0.2) is 16.5 Å². The molecule has 3 nitrogen and oxygen atoms in total. The van der Waals surface area contributed by atoms with Gasteiger partial charge in [0.05, 0.1) is 6.61 Å². The first-order valence-corrected chi connectivity index (χ1v) is 4.35. The maximum Gasteiger partial charge on any atom is 0.182 e. The van der Waals surface area contributed by atoms with Gasteiger partial charge in [-0.25, -0.2) is 0 Å². The molecule has 0 atom stereocenters. The third-order valence-corrected chi connectivity index (χ3v) is 1.70. The Bertz CT molecular complexity index is 219. The van der Waals surface area contributed by atoms with E-state index in [9.17, 15) is 0 Å². The molecule has 0 aliphatic carbocycles. The molecule has 0 aromatic carbocycles. The SMILES string of the molecule is [B]N(CC)CCOCc1cc[c-]o1.[Y]. The minimum atomic E-state index is 0. The number of rotatable bonds is 6. The van der Waals surface area contributed by atoms with Gasteiger partial charge in [-0.1, -0.05) is 6.92 Å². The number of furan rings is 1. The Hall–Kier alpha value is 0.369. The fourth-order valence-electron chi connectivity index (χ4n) is 0.861. The Morgan fingerprint density at radius 1 is 1.64 bits per heavy atom. The normalized spacial score (nSPS) is 10.1. The monoisotopic (exact) mass is 267 g/mol.